The molecule has 1 aliphatic heterocycles. The molecule has 0 unspecified atom stereocenters. The summed E-state index contributed by atoms with van der Waals surface area (Å²) in [6.07, 6.45) is 1.68. The Kier molecular flexibility index (Phi) is 6.25. The van der Waals surface area contributed by atoms with Gasteiger partial charge in [0, 0.05) is 24.6 Å². The van der Waals surface area contributed by atoms with E-state index in [0.29, 0.717) is 12.4 Å². The fraction of sp³-hybridized carbons (Fsp3) is 0.500. The van der Waals surface area contributed by atoms with Gasteiger partial charge in [-0.25, -0.2) is 9.78 Å². The smallest absolute Gasteiger partial charge is 0.318 e. The summed E-state index contributed by atoms with van der Waals surface area (Å²) in [4.78, 5) is 40.6. The van der Waals surface area contributed by atoms with Crippen LogP contribution in [-0.4, -0.2) is 47.4 Å². The van der Waals surface area contributed by atoms with Gasteiger partial charge in [0.2, 0.25) is 11.8 Å². The Morgan fingerprint density at radius 1 is 1.29 bits per heavy atom. The van der Waals surface area contributed by atoms with Crippen molar-refractivity contribution in [3.05, 3.63) is 23.9 Å². The molecule has 4 amide bonds. The van der Waals surface area contributed by atoms with Crippen LogP contribution in [-0.2, 0) is 9.59 Å². The molecule has 0 bridgehead atoms. The molecule has 8 nitrogen and oxygen atoms in total. The first kappa shape index (κ1) is 17.9. The Hall–Kier alpha value is -2.48. The number of primary amides is 1. The van der Waals surface area contributed by atoms with Crippen molar-refractivity contribution in [1.29, 1.82) is 0 Å². The number of hydrogen-bond acceptors (Lipinski definition) is 5. The molecule has 1 fully saturated rings. The molecular weight excluding hydrogens is 310 g/mol. The van der Waals surface area contributed by atoms with E-state index in [0.717, 1.165) is 31.6 Å². The van der Waals surface area contributed by atoms with E-state index in [4.69, 9.17) is 5.73 Å². The molecule has 1 aromatic heterocycles. The van der Waals surface area contributed by atoms with Crippen LogP contribution in [0.25, 0.3) is 0 Å². The predicted octanol–water partition coefficient (Wildman–Crippen LogP) is 0.626. The second-order valence-electron chi connectivity index (χ2n) is 5.93. The summed E-state index contributed by atoms with van der Waals surface area (Å²) in [6, 6.07) is 4.68. The fourth-order valence-corrected chi connectivity index (χ4v) is 2.72. The van der Waals surface area contributed by atoms with Crippen molar-refractivity contribution in [3.8, 4) is 0 Å². The van der Waals surface area contributed by atoms with Crippen LogP contribution in [0.2, 0.25) is 0 Å². The van der Waals surface area contributed by atoms with Crippen LogP contribution >= 0.6 is 0 Å². The van der Waals surface area contributed by atoms with Crippen molar-refractivity contribution in [2.24, 2.45) is 11.7 Å². The monoisotopic (exact) mass is 333 g/mol. The number of anilines is 1. The molecular formula is C16H23N5O3. The molecule has 24 heavy (non-hydrogen) atoms. The Bertz CT molecular complexity index is 611. The number of nitrogens with two attached hydrogens (primary N) is 1. The number of amides is 4. The minimum Gasteiger partial charge on any atom is -0.351 e. The van der Waals surface area contributed by atoms with Gasteiger partial charge in [0.1, 0.15) is 5.82 Å². The zero-order valence-corrected chi connectivity index (χ0v) is 13.7. The highest BCUT2D eigenvalue weighted by Crippen LogP contribution is 2.19. The second-order valence-corrected chi connectivity index (χ2v) is 5.93. The van der Waals surface area contributed by atoms with E-state index in [9.17, 15) is 14.4 Å². The molecule has 0 aromatic carbocycles. The van der Waals surface area contributed by atoms with Gasteiger partial charge in [-0.2, -0.15) is 0 Å². The highest BCUT2D eigenvalue weighted by molar-refractivity contribution is 5.93. The van der Waals surface area contributed by atoms with Crippen molar-refractivity contribution in [2.75, 3.05) is 25.0 Å². The van der Waals surface area contributed by atoms with Crippen LogP contribution in [0.3, 0.4) is 0 Å². The molecule has 4 N–H and O–H groups in total. The lowest BCUT2D eigenvalue weighted by Crippen LogP contribution is -2.41. The summed E-state index contributed by atoms with van der Waals surface area (Å²) in [5.74, 6) is 0.126. The SMILES string of the molecule is Cc1cccc(NC(=O)C2CCN(CCC(=O)NC(N)=O)CC2)n1. The molecule has 8 heteroatoms. The fourth-order valence-electron chi connectivity index (χ4n) is 2.72. The van der Waals surface area contributed by atoms with Gasteiger partial charge in [-0.1, -0.05) is 6.07 Å². The molecule has 2 rings (SSSR count). The third-order valence-electron chi connectivity index (χ3n) is 4.02. The number of imide groups is 1. The van der Waals surface area contributed by atoms with E-state index in [1.807, 2.05) is 24.4 Å². The summed E-state index contributed by atoms with van der Waals surface area (Å²) in [7, 11) is 0. The predicted molar refractivity (Wildman–Crippen MR) is 89.1 cm³/mol. The molecule has 1 aliphatic rings. The Morgan fingerprint density at radius 3 is 2.62 bits per heavy atom. The highest BCUT2D eigenvalue weighted by atomic mass is 16.2. The van der Waals surface area contributed by atoms with Gasteiger partial charge in [0.15, 0.2) is 0 Å². The number of likely N-dealkylation sites (tertiary alicyclic amines) is 1. The molecule has 1 saturated heterocycles. The Balaban J connectivity index is 1.73. The topological polar surface area (TPSA) is 117 Å². The van der Waals surface area contributed by atoms with E-state index in [-0.39, 0.29) is 24.2 Å². The summed E-state index contributed by atoms with van der Waals surface area (Å²) in [5, 5.41) is 4.90. The van der Waals surface area contributed by atoms with Crippen LogP contribution in [0.15, 0.2) is 18.2 Å². The van der Waals surface area contributed by atoms with Crippen LogP contribution in [0, 0.1) is 12.8 Å². The van der Waals surface area contributed by atoms with Crippen molar-refractivity contribution in [3.63, 3.8) is 0 Å². The van der Waals surface area contributed by atoms with Crippen LogP contribution < -0.4 is 16.4 Å². The van der Waals surface area contributed by atoms with Crippen LogP contribution in [0.1, 0.15) is 25.0 Å². The summed E-state index contributed by atoms with van der Waals surface area (Å²) in [6.45, 7) is 3.90. The molecule has 0 saturated carbocycles. The van der Waals surface area contributed by atoms with Crippen molar-refractivity contribution >= 4 is 23.7 Å². The number of urea groups is 1. The zero-order valence-electron chi connectivity index (χ0n) is 13.7. The Labute approximate surface area is 140 Å². The number of carbonyl (C=O) groups excluding carboxylic acids is 3. The molecule has 0 spiro atoms. The minimum absolute atomic E-state index is 0.0146. The van der Waals surface area contributed by atoms with Gasteiger partial charge in [-0.15, -0.1) is 0 Å². The van der Waals surface area contributed by atoms with Gasteiger partial charge >= 0.3 is 6.03 Å². The first-order chi connectivity index (χ1) is 11.4. The molecule has 2 heterocycles. The first-order valence-electron chi connectivity index (χ1n) is 8.00. The van der Waals surface area contributed by atoms with Gasteiger partial charge in [0.05, 0.1) is 0 Å². The number of nitrogens with zero attached hydrogens (tertiary/aromatic N) is 2. The number of aryl methyl sites for hydroxylation is 1. The van der Waals surface area contributed by atoms with Crippen LogP contribution in [0.5, 0.6) is 0 Å². The van der Waals surface area contributed by atoms with Crippen molar-refractivity contribution in [2.45, 2.75) is 26.2 Å². The molecule has 0 radical (unpaired) electrons. The molecule has 0 aliphatic carbocycles. The van der Waals surface area contributed by atoms with E-state index in [1.165, 1.54) is 0 Å². The van der Waals surface area contributed by atoms with Crippen molar-refractivity contribution in [1.82, 2.24) is 15.2 Å². The van der Waals surface area contributed by atoms with E-state index in [2.05, 4.69) is 15.2 Å². The Morgan fingerprint density at radius 2 is 2.00 bits per heavy atom. The average Bonchev–Trinajstić information content (AvgIpc) is 2.53. The number of hydrogen-bond donors (Lipinski definition) is 3. The maximum atomic E-state index is 12.3. The van der Waals surface area contributed by atoms with E-state index >= 15 is 0 Å². The zero-order chi connectivity index (χ0) is 17.5. The lowest BCUT2D eigenvalue weighted by Gasteiger charge is -2.30. The molecule has 1 aromatic rings. The van der Waals surface area contributed by atoms with E-state index < -0.39 is 6.03 Å². The third kappa shape index (κ3) is 5.62. The number of aromatic nitrogens is 1. The maximum Gasteiger partial charge on any atom is 0.318 e. The number of carbonyl (C=O) groups is 3. The average molecular weight is 333 g/mol. The van der Waals surface area contributed by atoms with Crippen LogP contribution in [0.4, 0.5) is 10.6 Å². The number of pyridine rings is 1. The maximum absolute atomic E-state index is 12.3. The van der Waals surface area contributed by atoms with Crippen molar-refractivity contribution < 1.29 is 14.4 Å². The minimum atomic E-state index is -0.833. The lowest BCUT2D eigenvalue weighted by molar-refractivity contribution is -0.122. The largest absolute Gasteiger partial charge is 0.351 e. The molecule has 130 valence electrons. The lowest BCUT2D eigenvalue weighted by atomic mass is 9.96. The second kappa shape index (κ2) is 8.39. The normalized spacial score (nSPS) is 15.7. The summed E-state index contributed by atoms with van der Waals surface area (Å²) >= 11 is 0. The van der Waals surface area contributed by atoms with E-state index in [1.54, 1.807) is 6.07 Å². The third-order valence-corrected chi connectivity index (χ3v) is 4.02. The number of nitrogens with one attached hydrogen (secondary N) is 2. The number of piperidine rings is 1. The van der Waals surface area contributed by atoms with Gasteiger partial charge in [-0.3, -0.25) is 14.9 Å². The summed E-state index contributed by atoms with van der Waals surface area (Å²) < 4.78 is 0. The van der Waals surface area contributed by atoms with Gasteiger partial charge in [0.25, 0.3) is 0 Å². The summed E-state index contributed by atoms with van der Waals surface area (Å²) in [5.41, 5.74) is 5.75. The highest BCUT2D eigenvalue weighted by Gasteiger charge is 2.25. The number of rotatable bonds is 5. The first-order valence-corrected chi connectivity index (χ1v) is 8.00. The molecule has 0 atom stereocenters. The van der Waals surface area contributed by atoms with Gasteiger partial charge < -0.3 is 16.0 Å². The quantitative estimate of drug-likeness (QED) is 0.730. The van der Waals surface area contributed by atoms with Gasteiger partial charge in [-0.05, 0) is 45.0 Å². The standard InChI is InChI=1S/C16H23N5O3/c1-11-3-2-4-13(18-11)19-15(23)12-5-8-21(9-6-12)10-7-14(22)20-16(17)24/h2-4,12H,5-10H2,1H3,(H,18,19,23)(H3,17,20,22,24).